The lowest BCUT2D eigenvalue weighted by Gasteiger charge is -2.07. The van der Waals surface area contributed by atoms with Crippen LogP contribution >= 0.6 is 31.9 Å². The van der Waals surface area contributed by atoms with Crippen molar-refractivity contribution in [1.82, 2.24) is 14.5 Å². The first-order valence-corrected chi connectivity index (χ1v) is 7.21. The molecule has 0 radical (unpaired) electrons. The Morgan fingerprint density at radius 2 is 2.00 bits per heavy atom. The molecule has 4 nitrogen and oxygen atoms in total. The fourth-order valence-corrected chi connectivity index (χ4v) is 2.62. The van der Waals surface area contributed by atoms with Crippen molar-refractivity contribution < 1.29 is 0 Å². The van der Waals surface area contributed by atoms with Gasteiger partial charge >= 0.3 is 0 Å². The van der Waals surface area contributed by atoms with Crippen LogP contribution in [0.25, 0.3) is 16.9 Å². The van der Waals surface area contributed by atoms with Crippen LogP contribution in [0.5, 0.6) is 0 Å². The Morgan fingerprint density at radius 3 is 2.74 bits per heavy atom. The van der Waals surface area contributed by atoms with E-state index >= 15 is 0 Å². The van der Waals surface area contributed by atoms with Crippen molar-refractivity contribution in [2.45, 2.75) is 6.92 Å². The summed E-state index contributed by atoms with van der Waals surface area (Å²) in [5.74, 6) is 0.427. The first-order valence-electron chi connectivity index (χ1n) is 5.62. The summed E-state index contributed by atoms with van der Waals surface area (Å²) in [6.07, 6.45) is 1.74. The van der Waals surface area contributed by atoms with Crippen LogP contribution in [0.3, 0.4) is 0 Å². The molecule has 6 heteroatoms. The lowest BCUT2D eigenvalue weighted by atomic mass is 10.2. The molecule has 0 atom stereocenters. The Hall–Kier alpha value is -1.40. The molecule has 0 aliphatic heterocycles. The highest BCUT2D eigenvalue weighted by atomic mass is 79.9. The minimum Gasteiger partial charge on any atom is -0.369 e. The second-order valence-electron chi connectivity index (χ2n) is 4.24. The number of aromatic nitrogens is 3. The van der Waals surface area contributed by atoms with Gasteiger partial charge in [0.25, 0.3) is 0 Å². The molecule has 96 valence electrons. The number of hydrogen-bond acceptors (Lipinski definition) is 3. The molecule has 0 unspecified atom stereocenters. The Balaban J connectivity index is 2.29. The van der Waals surface area contributed by atoms with Gasteiger partial charge < -0.3 is 5.73 Å². The molecular formula is C13H10Br2N4. The summed E-state index contributed by atoms with van der Waals surface area (Å²) in [6, 6.07) is 7.94. The topological polar surface area (TPSA) is 56.7 Å². The third kappa shape index (κ3) is 2.15. The van der Waals surface area contributed by atoms with Gasteiger partial charge in [-0.05, 0) is 46.6 Å². The average molecular weight is 382 g/mol. The molecule has 0 spiro atoms. The summed E-state index contributed by atoms with van der Waals surface area (Å²) in [7, 11) is 0. The standard InChI is InChI=1S/C13H10Br2N4/c1-7-2-3-9(5-10(7)15)19-12-11(18-13(19)16)4-8(14)6-17-12/h2-6H,1H3,(H2,16,18). The van der Waals surface area contributed by atoms with Gasteiger partial charge in [0.15, 0.2) is 5.65 Å². The lowest BCUT2D eigenvalue weighted by Crippen LogP contribution is -2.01. The van der Waals surface area contributed by atoms with Gasteiger partial charge in [-0.25, -0.2) is 9.97 Å². The molecule has 2 aromatic heterocycles. The Bertz CT molecular complexity index is 780. The van der Waals surface area contributed by atoms with Crippen molar-refractivity contribution in [2.24, 2.45) is 0 Å². The number of benzene rings is 1. The summed E-state index contributed by atoms with van der Waals surface area (Å²) < 4.78 is 3.75. The third-order valence-electron chi connectivity index (χ3n) is 2.90. The van der Waals surface area contributed by atoms with E-state index in [0.29, 0.717) is 5.95 Å². The molecule has 19 heavy (non-hydrogen) atoms. The van der Waals surface area contributed by atoms with Gasteiger partial charge in [-0.2, -0.15) is 0 Å². The van der Waals surface area contributed by atoms with Gasteiger partial charge in [-0.15, -0.1) is 0 Å². The van der Waals surface area contributed by atoms with Crippen LogP contribution in [0.4, 0.5) is 5.95 Å². The highest BCUT2D eigenvalue weighted by Crippen LogP contribution is 2.26. The monoisotopic (exact) mass is 380 g/mol. The van der Waals surface area contributed by atoms with Crippen LogP contribution in [0, 0.1) is 6.92 Å². The van der Waals surface area contributed by atoms with Gasteiger partial charge in [0, 0.05) is 15.1 Å². The zero-order chi connectivity index (χ0) is 13.6. The van der Waals surface area contributed by atoms with Crippen LogP contribution in [0.15, 0.2) is 39.4 Å². The molecule has 0 bridgehead atoms. The number of imidazole rings is 1. The number of nitrogen functional groups attached to an aromatic ring is 1. The summed E-state index contributed by atoms with van der Waals surface area (Å²) >= 11 is 6.91. The number of pyridine rings is 1. The average Bonchev–Trinajstić information content (AvgIpc) is 2.68. The van der Waals surface area contributed by atoms with E-state index in [1.165, 1.54) is 5.56 Å². The van der Waals surface area contributed by atoms with E-state index in [9.17, 15) is 0 Å². The van der Waals surface area contributed by atoms with Gasteiger partial charge in [0.05, 0.1) is 5.69 Å². The maximum Gasteiger partial charge on any atom is 0.207 e. The van der Waals surface area contributed by atoms with Crippen molar-refractivity contribution in [2.75, 3.05) is 5.73 Å². The molecule has 1 aromatic carbocycles. The smallest absolute Gasteiger partial charge is 0.207 e. The van der Waals surface area contributed by atoms with Gasteiger partial charge in [0.1, 0.15) is 5.52 Å². The SMILES string of the molecule is Cc1ccc(-n2c(N)nc3cc(Br)cnc32)cc1Br. The maximum atomic E-state index is 6.00. The van der Waals surface area contributed by atoms with E-state index in [1.54, 1.807) is 6.20 Å². The number of nitrogens with zero attached hydrogens (tertiary/aromatic N) is 3. The molecule has 2 heterocycles. The van der Waals surface area contributed by atoms with Crippen LogP contribution in [0.1, 0.15) is 5.56 Å². The zero-order valence-electron chi connectivity index (χ0n) is 10.1. The molecule has 0 amide bonds. The molecule has 3 aromatic rings. The number of aryl methyl sites for hydroxylation is 1. The largest absolute Gasteiger partial charge is 0.369 e. The molecule has 0 saturated heterocycles. The van der Waals surface area contributed by atoms with Crippen LogP contribution in [0.2, 0.25) is 0 Å². The van der Waals surface area contributed by atoms with Crippen molar-refractivity contribution in [1.29, 1.82) is 0 Å². The van der Waals surface area contributed by atoms with Crippen LogP contribution < -0.4 is 5.73 Å². The van der Waals surface area contributed by atoms with E-state index < -0.39 is 0 Å². The number of nitrogens with two attached hydrogens (primary N) is 1. The van der Waals surface area contributed by atoms with E-state index in [2.05, 4.69) is 41.8 Å². The Morgan fingerprint density at radius 1 is 1.21 bits per heavy atom. The van der Waals surface area contributed by atoms with E-state index in [4.69, 9.17) is 5.73 Å². The molecule has 0 fully saturated rings. The van der Waals surface area contributed by atoms with Crippen molar-refractivity contribution in [3.63, 3.8) is 0 Å². The quantitative estimate of drug-likeness (QED) is 0.696. The second-order valence-corrected chi connectivity index (χ2v) is 6.01. The molecule has 2 N–H and O–H groups in total. The molecule has 0 aliphatic rings. The van der Waals surface area contributed by atoms with E-state index in [0.717, 1.165) is 25.8 Å². The Kier molecular flexibility index (Phi) is 3.06. The summed E-state index contributed by atoms with van der Waals surface area (Å²) in [6.45, 7) is 2.04. The third-order valence-corrected chi connectivity index (χ3v) is 4.19. The van der Waals surface area contributed by atoms with Crippen molar-refractivity contribution in [3.8, 4) is 5.69 Å². The molecule has 0 saturated carbocycles. The molecule has 3 rings (SSSR count). The predicted octanol–water partition coefficient (Wildman–Crippen LogP) is 3.84. The van der Waals surface area contributed by atoms with Gasteiger partial charge in [0.2, 0.25) is 5.95 Å². The summed E-state index contributed by atoms with van der Waals surface area (Å²) in [4.78, 5) is 8.72. The van der Waals surface area contributed by atoms with Gasteiger partial charge in [-0.1, -0.05) is 22.0 Å². The minimum atomic E-state index is 0.427. The first-order chi connectivity index (χ1) is 9.06. The highest BCUT2D eigenvalue weighted by molar-refractivity contribution is 9.10. The summed E-state index contributed by atoms with van der Waals surface area (Å²) in [5, 5.41) is 0. The fourth-order valence-electron chi connectivity index (χ4n) is 1.93. The number of rotatable bonds is 1. The Labute approximate surface area is 126 Å². The maximum absolute atomic E-state index is 6.00. The van der Waals surface area contributed by atoms with Crippen molar-refractivity contribution in [3.05, 3.63) is 45.0 Å². The number of fused-ring (bicyclic) bond motifs is 1. The lowest BCUT2D eigenvalue weighted by molar-refractivity contribution is 1.08. The zero-order valence-corrected chi connectivity index (χ0v) is 13.2. The molecule has 0 aliphatic carbocycles. The first kappa shape index (κ1) is 12.6. The molecular weight excluding hydrogens is 372 g/mol. The van der Waals surface area contributed by atoms with E-state index in [1.807, 2.05) is 35.8 Å². The number of halogens is 2. The minimum absolute atomic E-state index is 0.427. The predicted molar refractivity (Wildman–Crippen MR) is 83.4 cm³/mol. The van der Waals surface area contributed by atoms with Crippen molar-refractivity contribution >= 4 is 49.0 Å². The number of anilines is 1. The van der Waals surface area contributed by atoms with Gasteiger partial charge in [-0.3, -0.25) is 4.57 Å². The number of hydrogen-bond donors (Lipinski definition) is 1. The normalized spacial score (nSPS) is 11.1. The van der Waals surface area contributed by atoms with Crippen LogP contribution in [-0.4, -0.2) is 14.5 Å². The summed E-state index contributed by atoms with van der Waals surface area (Å²) in [5.41, 5.74) is 9.62. The van der Waals surface area contributed by atoms with E-state index in [-0.39, 0.29) is 0 Å². The van der Waals surface area contributed by atoms with Crippen LogP contribution in [-0.2, 0) is 0 Å². The fraction of sp³-hybridized carbons (Fsp3) is 0.0769. The second kappa shape index (κ2) is 4.61. The highest BCUT2D eigenvalue weighted by Gasteiger charge is 2.12.